The van der Waals surface area contributed by atoms with Gasteiger partial charge in [0, 0.05) is 36.3 Å². The van der Waals surface area contributed by atoms with Crippen LogP contribution in [0.5, 0.6) is 5.75 Å². The van der Waals surface area contributed by atoms with Crippen LogP contribution in [0.15, 0.2) is 79.0 Å². The van der Waals surface area contributed by atoms with Crippen LogP contribution < -0.4 is 4.74 Å². The zero-order valence-corrected chi connectivity index (χ0v) is 18.6. The third kappa shape index (κ3) is 4.40. The highest BCUT2D eigenvalue weighted by molar-refractivity contribution is 5.72. The quantitative estimate of drug-likeness (QED) is 0.411. The number of para-hydroxylation sites is 1. The summed E-state index contributed by atoms with van der Waals surface area (Å²) in [4.78, 5) is 2.32. The first kappa shape index (κ1) is 21.4. The highest BCUT2D eigenvalue weighted by Gasteiger charge is 2.20. The minimum absolute atomic E-state index is 0.256. The van der Waals surface area contributed by atoms with Crippen LogP contribution in [0.2, 0.25) is 0 Å². The minimum atomic E-state index is -0.256. The molecule has 6 heteroatoms. The van der Waals surface area contributed by atoms with Crippen molar-refractivity contribution in [2.45, 2.75) is 6.54 Å². The van der Waals surface area contributed by atoms with E-state index in [0.29, 0.717) is 25.3 Å². The van der Waals surface area contributed by atoms with Gasteiger partial charge in [-0.25, -0.2) is 9.07 Å². The Morgan fingerprint density at radius 2 is 1.61 bits per heavy atom. The summed E-state index contributed by atoms with van der Waals surface area (Å²) in [5.74, 6) is 0.567. The Bertz CT molecular complexity index is 1230. The zero-order chi connectivity index (χ0) is 22.6. The lowest BCUT2D eigenvalue weighted by Gasteiger charge is -2.26. The van der Waals surface area contributed by atoms with Gasteiger partial charge in [0.15, 0.2) is 0 Å². The molecule has 1 saturated heterocycles. The highest BCUT2D eigenvalue weighted by Crippen LogP contribution is 2.33. The van der Waals surface area contributed by atoms with Crippen molar-refractivity contribution in [3.05, 3.63) is 90.4 Å². The largest absolute Gasteiger partial charge is 0.496 e. The predicted molar refractivity (Wildman–Crippen MR) is 127 cm³/mol. The van der Waals surface area contributed by atoms with E-state index in [4.69, 9.17) is 9.47 Å². The third-order valence-corrected chi connectivity index (χ3v) is 6.00. The van der Waals surface area contributed by atoms with Crippen molar-refractivity contribution in [1.29, 1.82) is 0 Å². The first-order chi connectivity index (χ1) is 16.2. The summed E-state index contributed by atoms with van der Waals surface area (Å²) in [5.41, 5.74) is 5.27. The van der Waals surface area contributed by atoms with E-state index in [0.717, 1.165) is 46.9 Å². The Labute approximate surface area is 193 Å². The molecular formula is C27H26FN3O2. The molecule has 1 fully saturated rings. The van der Waals surface area contributed by atoms with E-state index in [9.17, 15) is 4.39 Å². The van der Waals surface area contributed by atoms with Gasteiger partial charge < -0.3 is 9.47 Å². The molecule has 0 spiro atoms. The molecule has 0 saturated carbocycles. The van der Waals surface area contributed by atoms with Crippen molar-refractivity contribution >= 4 is 0 Å². The summed E-state index contributed by atoms with van der Waals surface area (Å²) in [5, 5.41) is 4.67. The number of hydrogen-bond acceptors (Lipinski definition) is 4. The predicted octanol–water partition coefficient (Wildman–Crippen LogP) is 5.19. The van der Waals surface area contributed by atoms with Crippen LogP contribution in [0, 0.1) is 5.82 Å². The molecule has 0 N–H and O–H groups in total. The first-order valence-electron chi connectivity index (χ1n) is 11.1. The van der Waals surface area contributed by atoms with Crippen LogP contribution >= 0.6 is 0 Å². The maximum atomic E-state index is 14.9. The van der Waals surface area contributed by atoms with Gasteiger partial charge in [0.05, 0.1) is 37.9 Å². The molecule has 0 aliphatic carbocycles. The molecule has 2 heterocycles. The molecule has 0 radical (unpaired) electrons. The van der Waals surface area contributed by atoms with Gasteiger partial charge >= 0.3 is 0 Å². The molecule has 3 aromatic carbocycles. The van der Waals surface area contributed by atoms with E-state index >= 15 is 0 Å². The minimum Gasteiger partial charge on any atom is -0.496 e. The molecule has 5 rings (SSSR count). The van der Waals surface area contributed by atoms with Crippen LogP contribution in [0.4, 0.5) is 4.39 Å². The third-order valence-electron chi connectivity index (χ3n) is 6.00. The average molecular weight is 444 g/mol. The Kier molecular flexibility index (Phi) is 6.19. The van der Waals surface area contributed by atoms with E-state index in [2.05, 4.69) is 10.00 Å². The summed E-state index contributed by atoms with van der Waals surface area (Å²) in [7, 11) is 1.67. The molecule has 5 nitrogen and oxygen atoms in total. The Balaban J connectivity index is 1.54. The lowest BCUT2D eigenvalue weighted by molar-refractivity contribution is 0.0342. The monoisotopic (exact) mass is 443 g/mol. The van der Waals surface area contributed by atoms with Crippen molar-refractivity contribution in [3.63, 3.8) is 0 Å². The van der Waals surface area contributed by atoms with Gasteiger partial charge in [-0.05, 0) is 35.9 Å². The van der Waals surface area contributed by atoms with E-state index in [-0.39, 0.29) is 5.82 Å². The van der Waals surface area contributed by atoms with Crippen molar-refractivity contribution in [2.75, 3.05) is 33.4 Å². The number of nitrogens with zero attached hydrogens (tertiary/aromatic N) is 3. The summed E-state index contributed by atoms with van der Waals surface area (Å²) < 4.78 is 27.7. The zero-order valence-electron chi connectivity index (χ0n) is 18.6. The average Bonchev–Trinajstić information content (AvgIpc) is 3.28. The molecule has 1 aromatic heterocycles. The summed E-state index contributed by atoms with van der Waals surface area (Å²) in [6, 6.07) is 22.9. The fourth-order valence-electron chi connectivity index (χ4n) is 4.30. The van der Waals surface area contributed by atoms with Crippen molar-refractivity contribution in [2.24, 2.45) is 0 Å². The van der Waals surface area contributed by atoms with Crippen LogP contribution in [0.3, 0.4) is 0 Å². The smallest absolute Gasteiger partial charge is 0.132 e. The molecule has 1 aliphatic heterocycles. The van der Waals surface area contributed by atoms with Crippen molar-refractivity contribution in [1.82, 2.24) is 14.7 Å². The van der Waals surface area contributed by atoms with Gasteiger partial charge in [0.25, 0.3) is 0 Å². The number of halogens is 1. The maximum absolute atomic E-state index is 14.9. The van der Waals surface area contributed by atoms with Crippen LogP contribution in [-0.2, 0) is 11.3 Å². The second-order valence-corrected chi connectivity index (χ2v) is 8.05. The van der Waals surface area contributed by atoms with E-state index in [1.807, 2.05) is 71.5 Å². The maximum Gasteiger partial charge on any atom is 0.132 e. The van der Waals surface area contributed by atoms with Gasteiger partial charge in [-0.2, -0.15) is 5.10 Å². The molecule has 4 aromatic rings. The van der Waals surface area contributed by atoms with Crippen LogP contribution in [-0.4, -0.2) is 48.1 Å². The summed E-state index contributed by atoms with van der Waals surface area (Å²) in [6.07, 6.45) is 1.85. The first-order valence-corrected chi connectivity index (χ1v) is 11.1. The number of rotatable bonds is 6. The molecular weight excluding hydrogens is 417 g/mol. The number of aromatic nitrogens is 2. The van der Waals surface area contributed by atoms with Gasteiger partial charge in [-0.3, -0.25) is 4.90 Å². The van der Waals surface area contributed by atoms with Gasteiger partial charge in [0.2, 0.25) is 0 Å². The van der Waals surface area contributed by atoms with Crippen LogP contribution in [0.1, 0.15) is 5.56 Å². The number of hydrogen-bond donors (Lipinski definition) is 0. The summed E-state index contributed by atoms with van der Waals surface area (Å²) in [6.45, 7) is 3.85. The number of morpholine rings is 1. The number of methoxy groups -OCH3 is 1. The Morgan fingerprint density at radius 3 is 2.33 bits per heavy atom. The topological polar surface area (TPSA) is 39.5 Å². The molecule has 0 amide bonds. The Hall–Kier alpha value is -3.48. The number of benzene rings is 3. The second-order valence-electron chi connectivity index (χ2n) is 8.05. The standard InChI is InChI=1S/C27H26FN3O2/c1-32-26-9-5-3-6-23(26)20-10-12-22(13-11-20)31-27(24-7-2-4-8-25(24)28)21(18-29-31)19-30-14-16-33-17-15-30/h2-13,18H,14-17,19H2,1H3. The van der Waals surface area contributed by atoms with Gasteiger partial charge in [0.1, 0.15) is 11.6 Å². The second kappa shape index (κ2) is 9.57. The normalized spacial score (nSPS) is 14.4. The van der Waals surface area contributed by atoms with Gasteiger partial charge in [-0.15, -0.1) is 0 Å². The lowest BCUT2D eigenvalue weighted by atomic mass is 10.0. The summed E-state index contributed by atoms with van der Waals surface area (Å²) >= 11 is 0. The molecule has 168 valence electrons. The van der Waals surface area contributed by atoms with E-state index < -0.39 is 0 Å². The molecule has 1 aliphatic rings. The van der Waals surface area contributed by atoms with Crippen LogP contribution in [0.25, 0.3) is 28.1 Å². The molecule has 0 bridgehead atoms. The molecule has 33 heavy (non-hydrogen) atoms. The highest BCUT2D eigenvalue weighted by atomic mass is 19.1. The Morgan fingerprint density at radius 1 is 0.909 bits per heavy atom. The van der Waals surface area contributed by atoms with E-state index in [1.165, 1.54) is 6.07 Å². The lowest BCUT2D eigenvalue weighted by Crippen LogP contribution is -2.35. The molecule has 0 atom stereocenters. The fraction of sp³-hybridized carbons (Fsp3) is 0.222. The van der Waals surface area contributed by atoms with Crippen molar-refractivity contribution < 1.29 is 13.9 Å². The van der Waals surface area contributed by atoms with Gasteiger partial charge in [-0.1, -0.05) is 42.5 Å². The fourth-order valence-corrected chi connectivity index (χ4v) is 4.30. The number of ether oxygens (including phenoxy) is 2. The SMILES string of the molecule is COc1ccccc1-c1ccc(-n2ncc(CN3CCOCC3)c2-c2ccccc2F)cc1. The van der Waals surface area contributed by atoms with E-state index in [1.54, 1.807) is 13.2 Å². The molecule has 0 unspecified atom stereocenters. The van der Waals surface area contributed by atoms with Crippen molar-refractivity contribution in [3.8, 4) is 33.8 Å².